The molecule has 0 amide bonds. The molecule has 2 aromatic heterocycles. The molecule has 2 aliphatic rings. The molecule has 2 fully saturated rings. The van der Waals surface area contributed by atoms with Crippen LogP contribution in [0.15, 0.2) is 73.2 Å². The van der Waals surface area contributed by atoms with Crippen LogP contribution in [0.1, 0.15) is 55.4 Å². The summed E-state index contributed by atoms with van der Waals surface area (Å²) in [6.07, 6.45) is 12.6. The zero-order chi connectivity index (χ0) is 19.6. The first-order chi connectivity index (χ1) is 14.3. The van der Waals surface area contributed by atoms with Crippen molar-refractivity contribution in [3.63, 3.8) is 0 Å². The van der Waals surface area contributed by atoms with Gasteiger partial charge in [-0.25, -0.2) is 0 Å². The number of para-hydroxylation sites is 1. The maximum atomic E-state index is 5.86. The van der Waals surface area contributed by atoms with Crippen LogP contribution in [0.2, 0.25) is 0 Å². The molecule has 1 saturated carbocycles. The third-order valence-corrected chi connectivity index (χ3v) is 6.54. The lowest BCUT2D eigenvalue weighted by Gasteiger charge is -2.36. The van der Waals surface area contributed by atoms with Gasteiger partial charge in [0, 0.05) is 30.3 Å². The minimum absolute atomic E-state index is 0.0669. The van der Waals surface area contributed by atoms with Crippen LogP contribution in [-0.4, -0.2) is 25.6 Å². The van der Waals surface area contributed by atoms with Crippen LogP contribution >= 0.6 is 12.2 Å². The normalized spacial score (nSPS) is 22.6. The van der Waals surface area contributed by atoms with Gasteiger partial charge in [-0.2, -0.15) is 0 Å². The van der Waals surface area contributed by atoms with E-state index in [0.717, 1.165) is 10.8 Å². The van der Waals surface area contributed by atoms with Gasteiger partial charge in [0.2, 0.25) is 0 Å². The molecule has 5 heteroatoms. The molecule has 0 unspecified atom stereocenters. The van der Waals surface area contributed by atoms with Gasteiger partial charge < -0.3 is 14.8 Å². The summed E-state index contributed by atoms with van der Waals surface area (Å²) in [7, 11) is 0. The molecule has 0 radical (unpaired) electrons. The van der Waals surface area contributed by atoms with Crippen molar-refractivity contribution in [3.05, 3.63) is 84.4 Å². The van der Waals surface area contributed by atoms with E-state index in [-0.39, 0.29) is 12.1 Å². The number of nitrogens with one attached hydrogen (secondary N) is 1. The van der Waals surface area contributed by atoms with Crippen molar-refractivity contribution in [3.8, 4) is 5.69 Å². The Morgan fingerprint density at radius 1 is 0.931 bits per heavy atom. The molecule has 0 bridgehead atoms. The van der Waals surface area contributed by atoms with Crippen molar-refractivity contribution in [2.75, 3.05) is 0 Å². The van der Waals surface area contributed by atoms with Gasteiger partial charge in [0.15, 0.2) is 5.11 Å². The van der Waals surface area contributed by atoms with E-state index in [9.17, 15) is 0 Å². The third-order valence-electron chi connectivity index (χ3n) is 6.22. The van der Waals surface area contributed by atoms with E-state index in [1.807, 2.05) is 12.3 Å². The number of nitrogens with zero attached hydrogens (tertiary/aromatic N) is 3. The predicted octanol–water partition coefficient (Wildman–Crippen LogP) is 5.18. The first kappa shape index (κ1) is 18.4. The first-order valence-electron chi connectivity index (χ1n) is 10.5. The minimum atomic E-state index is 0.0669. The summed E-state index contributed by atoms with van der Waals surface area (Å²) in [5.41, 5.74) is 3.50. The molecule has 1 aliphatic heterocycles. The summed E-state index contributed by atoms with van der Waals surface area (Å²) in [5, 5.41) is 4.47. The van der Waals surface area contributed by atoms with E-state index in [1.165, 1.54) is 43.4 Å². The zero-order valence-corrected chi connectivity index (χ0v) is 17.3. The lowest BCUT2D eigenvalue weighted by atomic mass is 9.91. The summed E-state index contributed by atoms with van der Waals surface area (Å²) >= 11 is 5.86. The van der Waals surface area contributed by atoms with Crippen LogP contribution in [0.4, 0.5) is 0 Å². The highest BCUT2D eigenvalue weighted by Gasteiger charge is 2.43. The highest BCUT2D eigenvalue weighted by molar-refractivity contribution is 7.80. The third kappa shape index (κ3) is 3.55. The fourth-order valence-electron chi connectivity index (χ4n) is 4.82. The highest BCUT2D eigenvalue weighted by atomic mass is 32.1. The Balaban J connectivity index is 1.54. The molecule has 1 saturated heterocycles. The molecule has 148 valence electrons. The van der Waals surface area contributed by atoms with Gasteiger partial charge in [-0.05, 0) is 61.0 Å². The Morgan fingerprint density at radius 2 is 1.72 bits per heavy atom. The monoisotopic (exact) mass is 402 g/mol. The van der Waals surface area contributed by atoms with Gasteiger partial charge in [0.05, 0.1) is 17.8 Å². The van der Waals surface area contributed by atoms with Gasteiger partial charge in [-0.15, -0.1) is 0 Å². The first-order valence-corrected chi connectivity index (χ1v) is 11.0. The maximum absolute atomic E-state index is 5.86. The molecule has 29 heavy (non-hydrogen) atoms. The molecule has 0 spiro atoms. The lowest BCUT2D eigenvalue weighted by molar-refractivity contribution is 0.197. The average Bonchev–Trinajstić information content (AvgIpc) is 3.40. The molecule has 2 atom stereocenters. The zero-order valence-electron chi connectivity index (χ0n) is 16.4. The molecular weight excluding hydrogens is 376 g/mol. The van der Waals surface area contributed by atoms with Gasteiger partial charge in [0.1, 0.15) is 0 Å². The number of hydrogen-bond acceptors (Lipinski definition) is 2. The van der Waals surface area contributed by atoms with E-state index >= 15 is 0 Å². The fourth-order valence-corrected chi connectivity index (χ4v) is 5.21. The van der Waals surface area contributed by atoms with Crippen molar-refractivity contribution < 1.29 is 0 Å². The summed E-state index contributed by atoms with van der Waals surface area (Å²) in [6.45, 7) is 0. The van der Waals surface area contributed by atoms with E-state index < -0.39 is 0 Å². The van der Waals surface area contributed by atoms with Crippen LogP contribution < -0.4 is 5.32 Å². The van der Waals surface area contributed by atoms with Crippen molar-refractivity contribution in [2.24, 2.45) is 0 Å². The van der Waals surface area contributed by atoms with E-state index in [4.69, 9.17) is 12.2 Å². The molecule has 3 heterocycles. The highest BCUT2D eigenvalue weighted by Crippen LogP contribution is 2.42. The van der Waals surface area contributed by atoms with Crippen LogP contribution in [0, 0.1) is 0 Å². The topological polar surface area (TPSA) is 33.1 Å². The molecule has 3 aromatic rings. The van der Waals surface area contributed by atoms with Crippen LogP contribution in [-0.2, 0) is 0 Å². The number of pyridine rings is 1. The smallest absolute Gasteiger partial charge is 0.170 e. The maximum Gasteiger partial charge on any atom is 0.170 e. The second-order valence-corrected chi connectivity index (χ2v) is 8.40. The van der Waals surface area contributed by atoms with Crippen LogP contribution in [0.5, 0.6) is 0 Å². The lowest BCUT2D eigenvalue weighted by Crippen LogP contribution is -2.40. The molecule has 1 aliphatic carbocycles. The van der Waals surface area contributed by atoms with Crippen LogP contribution in [0.3, 0.4) is 0 Å². The molecular formula is C24H26N4S. The number of benzene rings is 1. The average molecular weight is 403 g/mol. The second-order valence-electron chi connectivity index (χ2n) is 8.01. The van der Waals surface area contributed by atoms with E-state index in [0.29, 0.717) is 6.04 Å². The largest absolute Gasteiger partial charge is 0.352 e. The van der Waals surface area contributed by atoms with E-state index in [2.05, 4.69) is 80.7 Å². The van der Waals surface area contributed by atoms with Gasteiger partial charge in [-0.1, -0.05) is 43.5 Å². The van der Waals surface area contributed by atoms with Gasteiger partial charge in [0.25, 0.3) is 0 Å². The molecule has 1 aromatic carbocycles. The number of rotatable bonds is 4. The summed E-state index contributed by atoms with van der Waals surface area (Å²) in [6, 6.07) is 19.6. The van der Waals surface area contributed by atoms with Crippen molar-refractivity contribution in [1.29, 1.82) is 0 Å². The molecule has 1 N–H and O–H groups in total. The second kappa shape index (κ2) is 7.99. The number of hydrogen-bond donors (Lipinski definition) is 1. The molecule has 4 nitrogen and oxygen atoms in total. The minimum Gasteiger partial charge on any atom is -0.352 e. The van der Waals surface area contributed by atoms with Crippen LogP contribution in [0.25, 0.3) is 5.69 Å². The predicted molar refractivity (Wildman–Crippen MR) is 120 cm³/mol. The van der Waals surface area contributed by atoms with E-state index in [1.54, 1.807) is 0 Å². The Hall–Kier alpha value is -2.66. The standard InChI is InChI=1S/C24H26N4S/c29-24-26-22(21-13-7-8-15-25-21)23(28(24)20-11-5-2-6-12-20)18-14-16-27(17-18)19-9-3-1-4-10-19/h1,3-4,7-10,13-17,20,22-23H,2,5-6,11-12H2,(H,26,29)/t22-,23+/m0/s1. The Labute approximate surface area is 177 Å². The summed E-state index contributed by atoms with van der Waals surface area (Å²) in [5.74, 6) is 0. The number of aromatic nitrogens is 2. The van der Waals surface area contributed by atoms with Gasteiger partial charge >= 0.3 is 0 Å². The van der Waals surface area contributed by atoms with Crippen molar-refractivity contribution >= 4 is 17.3 Å². The van der Waals surface area contributed by atoms with Crippen molar-refractivity contribution in [1.82, 2.24) is 19.8 Å². The Kier molecular flexibility index (Phi) is 5.06. The SMILES string of the molecule is S=C1N[C@@H](c2ccccn2)[C@@H](c2ccn(-c3ccccc3)c2)N1C1CCCCC1. The van der Waals surface area contributed by atoms with Crippen molar-refractivity contribution in [2.45, 2.75) is 50.2 Å². The number of thiocarbonyl (C=S) groups is 1. The quantitative estimate of drug-likeness (QED) is 0.610. The van der Waals surface area contributed by atoms with Gasteiger partial charge in [-0.3, -0.25) is 4.98 Å². The Bertz CT molecular complexity index is 963. The fraction of sp³-hybridized carbons (Fsp3) is 0.333. The molecule has 5 rings (SSSR count). The summed E-state index contributed by atoms with van der Waals surface area (Å²) in [4.78, 5) is 7.13. The Morgan fingerprint density at radius 3 is 2.48 bits per heavy atom. The summed E-state index contributed by atoms with van der Waals surface area (Å²) < 4.78 is 2.20.